The minimum Gasteiger partial charge on any atom is -0.276 e. The summed E-state index contributed by atoms with van der Waals surface area (Å²) < 4.78 is 0. The molecule has 3 heteroatoms. The van der Waals surface area contributed by atoms with Crippen molar-refractivity contribution in [1.29, 1.82) is 0 Å². The quantitative estimate of drug-likeness (QED) is 0.370. The minimum atomic E-state index is 0.500. The van der Waals surface area contributed by atoms with Crippen molar-refractivity contribution in [3.05, 3.63) is 13.2 Å². The Morgan fingerprint density at radius 3 is 1.60 bits per heavy atom. The van der Waals surface area contributed by atoms with Crippen LogP contribution in [0.1, 0.15) is 0 Å². The molecular formula is C2H6NPS. The van der Waals surface area contributed by atoms with Crippen molar-refractivity contribution in [2.45, 2.75) is 0 Å². The van der Waals surface area contributed by atoms with Crippen molar-refractivity contribution < 1.29 is 0 Å². The van der Waals surface area contributed by atoms with Gasteiger partial charge < -0.3 is 0 Å². The first-order valence-electron chi connectivity index (χ1n) is 0.941. The summed E-state index contributed by atoms with van der Waals surface area (Å²) in [7, 11) is 0.500. The van der Waals surface area contributed by atoms with Crippen LogP contribution in [0.5, 0.6) is 0 Å². The second-order valence-corrected chi connectivity index (χ2v) is 0.949. The Kier molecular flexibility index (Phi) is 52.7. The summed E-state index contributed by atoms with van der Waals surface area (Å²) in [6.07, 6.45) is 0. The Morgan fingerprint density at radius 2 is 1.60 bits per heavy atom. The predicted molar refractivity (Wildman–Crippen MR) is 29.7 cm³/mol. The Labute approximate surface area is 38.8 Å². The molecule has 0 bridgehead atoms. The molecule has 0 aromatic rings. The fraction of sp³-hybridized carbons (Fsp3) is 0. The highest BCUT2D eigenvalue weighted by Gasteiger charge is 1.17. The van der Waals surface area contributed by atoms with E-state index in [1.165, 1.54) is 0 Å². The molecule has 0 saturated heterocycles. The van der Waals surface area contributed by atoms with Crippen LogP contribution in [-0.4, -0.2) is 0 Å². The van der Waals surface area contributed by atoms with Gasteiger partial charge in [0.25, 0.3) is 0 Å². The zero-order valence-electron chi connectivity index (χ0n) is 2.85. The largest absolute Gasteiger partial charge is 0.276 e. The highest BCUT2D eigenvalue weighted by molar-refractivity contribution is 7.95. The summed E-state index contributed by atoms with van der Waals surface area (Å²) in [5.41, 5.74) is 4.63. The zero-order valence-corrected chi connectivity index (χ0v) is 4.56. The van der Waals surface area contributed by atoms with E-state index >= 15 is 0 Å². The lowest BCUT2D eigenvalue weighted by molar-refractivity contribution is 2.05. The maximum Gasteiger partial charge on any atom is 0.0555 e. The van der Waals surface area contributed by atoms with Gasteiger partial charge in [-0.15, -0.1) is 13.2 Å². The van der Waals surface area contributed by atoms with Crippen LogP contribution in [0.15, 0.2) is 13.2 Å². The molecule has 0 aliphatic heterocycles. The molecule has 0 rings (SSSR count). The molecule has 0 aromatic carbocycles. The maximum absolute atomic E-state index is 4.63. The van der Waals surface area contributed by atoms with Gasteiger partial charge in [-0.2, -0.15) is 0 Å². The van der Waals surface area contributed by atoms with E-state index in [0.29, 0.717) is 7.51 Å². The monoisotopic (exact) mass is 107 g/mol. The lowest BCUT2D eigenvalue weighted by Crippen LogP contribution is -1.51. The molecular weight excluding hydrogens is 101 g/mol. The fourth-order valence-electron chi connectivity index (χ4n) is 0. The molecule has 1 nitrogen and oxygen atoms in total. The van der Waals surface area contributed by atoms with Gasteiger partial charge in [0, 0.05) is 0 Å². The fourth-order valence-corrected chi connectivity index (χ4v) is 0. The summed E-state index contributed by atoms with van der Waals surface area (Å²) in [4.78, 5) is 0. The Morgan fingerprint density at radius 1 is 1.60 bits per heavy atom. The van der Waals surface area contributed by atoms with Crippen molar-refractivity contribution in [3.63, 3.8) is 0 Å². The summed E-state index contributed by atoms with van der Waals surface area (Å²) >= 11 is 4.14. The van der Waals surface area contributed by atoms with E-state index in [4.69, 9.17) is 0 Å². The average molecular weight is 107 g/mol. The van der Waals surface area contributed by atoms with E-state index in [-0.39, 0.29) is 0 Å². The first-order chi connectivity index (χ1) is 2.41. The molecule has 0 heterocycles. The number of rotatable bonds is 0. The molecule has 0 radical (unpaired) electrons. The molecule has 0 amide bonds. The second kappa shape index (κ2) is 29.4. The molecule has 0 aliphatic rings. The topological polar surface area (TPSA) is 26.0 Å². The molecule has 0 fully saturated rings. The van der Waals surface area contributed by atoms with Gasteiger partial charge in [0.05, 0.1) is 7.51 Å². The van der Waals surface area contributed by atoms with Gasteiger partial charge in [0.2, 0.25) is 0 Å². The standard InChI is InChI=1S/C2H4.H2NPS/c1-2;1-2-3/h1-2H2;(H2,1,3). The van der Waals surface area contributed by atoms with Crippen LogP contribution in [-0.2, 0) is 11.8 Å². The van der Waals surface area contributed by atoms with E-state index in [1.54, 1.807) is 0 Å². The van der Waals surface area contributed by atoms with Gasteiger partial charge in [-0.25, -0.2) is 0 Å². The van der Waals surface area contributed by atoms with Crippen molar-refractivity contribution in [1.82, 2.24) is 0 Å². The normalized spacial score (nSPS) is 5.00. The molecule has 30 valence electrons. The first-order valence-corrected chi connectivity index (χ1v) is 2.92. The zero-order chi connectivity index (χ0) is 4.71. The van der Waals surface area contributed by atoms with E-state index in [0.717, 1.165) is 0 Å². The van der Waals surface area contributed by atoms with Crippen molar-refractivity contribution in [3.8, 4) is 0 Å². The van der Waals surface area contributed by atoms with E-state index in [2.05, 4.69) is 30.5 Å². The van der Waals surface area contributed by atoms with Gasteiger partial charge >= 0.3 is 0 Å². The second-order valence-electron chi connectivity index (χ2n) is 0.105. The molecule has 0 aliphatic carbocycles. The molecule has 5 heavy (non-hydrogen) atoms. The summed E-state index contributed by atoms with van der Waals surface area (Å²) in [5, 5.41) is 0. The molecule has 2 N–H and O–H groups in total. The Balaban J connectivity index is 0. The summed E-state index contributed by atoms with van der Waals surface area (Å²) in [6.45, 7) is 6.00. The van der Waals surface area contributed by atoms with E-state index < -0.39 is 0 Å². The van der Waals surface area contributed by atoms with Gasteiger partial charge in [0.15, 0.2) is 0 Å². The summed E-state index contributed by atoms with van der Waals surface area (Å²) in [5.74, 6) is 0. The predicted octanol–water partition coefficient (Wildman–Crippen LogP) is 1.07. The van der Waals surface area contributed by atoms with Crippen LogP contribution < -0.4 is 5.50 Å². The average Bonchev–Trinajstić information content (AvgIpc) is 1.46. The highest BCUT2D eigenvalue weighted by Crippen LogP contribution is 1.57. The lowest BCUT2D eigenvalue weighted by atomic mass is 11.3. The van der Waals surface area contributed by atoms with Crippen LogP contribution in [0.2, 0.25) is 0 Å². The maximum atomic E-state index is 4.63. The third-order valence-corrected chi connectivity index (χ3v) is 0. The van der Waals surface area contributed by atoms with Gasteiger partial charge in [0.1, 0.15) is 0 Å². The van der Waals surface area contributed by atoms with Gasteiger partial charge in [-0.1, -0.05) is 0 Å². The van der Waals surface area contributed by atoms with Crippen molar-refractivity contribution in [2.24, 2.45) is 5.50 Å². The van der Waals surface area contributed by atoms with Crippen LogP contribution in [0.4, 0.5) is 0 Å². The van der Waals surface area contributed by atoms with Crippen molar-refractivity contribution in [2.75, 3.05) is 0 Å². The summed E-state index contributed by atoms with van der Waals surface area (Å²) in [6, 6.07) is 0. The van der Waals surface area contributed by atoms with Crippen LogP contribution in [0.3, 0.4) is 0 Å². The number of hydrogen-bond donors (Lipinski definition) is 1. The van der Waals surface area contributed by atoms with Gasteiger partial charge in [-0.05, 0) is 11.8 Å². The third kappa shape index (κ3) is 430. The van der Waals surface area contributed by atoms with Crippen LogP contribution in [0.25, 0.3) is 0 Å². The van der Waals surface area contributed by atoms with Gasteiger partial charge in [-0.3, -0.25) is 5.50 Å². The molecule has 0 unspecified atom stereocenters. The van der Waals surface area contributed by atoms with Crippen molar-refractivity contribution >= 4 is 19.3 Å². The molecule has 0 saturated carbocycles. The SMILES string of the molecule is C=C.NP=S. The van der Waals surface area contributed by atoms with Crippen LogP contribution in [0, 0.1) is 0 Å². The highest BCUT2D eigenvalue weighted by atomic mass is 32.4. The third-order valence-electron chi connectivity index (χ3n) is 0. The first kappa shape index (κ1) is 8.97. The minimum absolute atomic E-state index is 0.500. The lowest BCUT2D eigenvalue weighted by Gasteiger charge is -1.31. The number of hydrogen-bond acceptors (Lipinski definition) is 1. The van der Waals surface area contributed by atoms with E-state index in [1.807, 2.05) is 0 Å². The molecule has 0 atom stereocenters. The van der Waals surface area contributed by atoms with Crippen LogP contribution >= 0.6 is 7.51 Å². The van der Waals surface area contributed by atoms with E-state index in [9.17, 15) is 0 Å². The smallest absolute Gasteiger partial charge is 0.0555 e. The molecule has 0 aromatic heterocycles. The Bertz CT molecular complexity index is 23.6. The Hall–Kier alpha value is 0.220. The molecule has 0 spiro atoms. The number of nitrogens with two attached hydrogens (primary N) is 1.